The highest BCUT2D eigenvalue weighted by molar-refractivity contribution is 5.74. The molecule has 2 aliphatic rings. The minimum absolute atomic E-state index is 0.224. The fraction of sp³-hybridized carbons (Fsp3) is 0.615. The molecule has 4 rings (SSSR count). The summed E-state index contributed by atoms with van der Waals surface area (Å²) < 4.78 is 12.1. The lowest BCUT2D eigenvalue weighted by Gasteiger charge is -2.32. The minimum Gasteiger partial charge on any atom is -0.481 e. The van der Waals surface area contributed by atoms with Gasteiger partial charge in [-0.25, -0.2) is 4.98 Å². The van der Waals surface area contributed by atoms with Crippen LogP contribution in [-0.2, 0) is 16.1 Å². The number of oxazole rings is 1. The molecule has 0 aliphatic heterocycles. The van der Waals surface area contributed by atoms with Gasteiger partial charge in [-0.15, -0.1) is 0 Å². The lowest BCUT2D eigenvalue weighted by molar-refractivity contribution is -0.149. The van der Waals surface area contributed by atoms with Gasteiger partial charge >= 0.3 is 5.97 Å². The van der Waals surface area contributed by atoms with Gasteiger partial charge in [0.2, 0.25) is 5.89 Å². The number of aryl methyl sites for hydroxylation is 2. The lowest BCUT2D eigenvalue weighted by Crippen LogP contribution is -2.30. The van der Waals surface area contributed by atoms with Crippen molar-refractivity contribution in [1.82, 2.24) is 4.98 Å². The van der Waals surface area contributed by atoms with Crippen molar-refractivity contribution in [3.63, 3.8) is 0 Å². The first-order valence-electron chi connectivity index (χ1n) is 11.8. The van der Waals surface area contributed by atoms with Crippen LogP contribution in [0.15, 0.2) is 28.7 Å². The number of aromatic nitrogens is 1. The van der Waals surface area contributed by atoms with E-state index in [1.807, 2.05) is 19.1 Å². The van der Waals surface area contributed by atoms with Gasteiger partial charge in [0.1, 0.15) is 11.5 Å². The van der Waals surface area contributed by atoms with E-state index < -0.39 is 11.4 Å². The highest BCUT2D eigenvalue weighted by Crippen LogP contribution is 2.44. The summed E-state index contributed by atoms with van der Waals surface area (Å²) >= 11 is 0. The Morgan fingerprint density at radius 1 is 1.16 bits per heavy atom. The number of carboxylic acids is 1. The van der Waals surface area contributed by atoms with Crippen LogP contribution >= 0.6 is 0 Å². The van der Waals surface area contributed by atoms with Crippen molar-refractivity contribution in [2.75, 3.05) is 0 Å². The van der Waals surface area contributed by atoms with Gasteiger partial charge in [-0.1, -0.05) is 43.4 Å². The molecule has 168 valence electrons. The van der Waals surface area contributed by atoms with Crippen LogP contribution < -0.4 is 0 Å². The molecule has 0 bridgehead atoms. The molecule has 1 aromatic heterocycles. The van der Waals surface area contributed by atoms with Crippen LogP contribution in [0, 0.1) is 25.2 Å². The molecule has 31 heavy (non-hydrogen) atoms. The number of nitrogens with zero attached hydrogens (tertiary/aromatic N) is 1. The zero-order valence-electron chi connectivity index (χ0n) is 18.9. The van der Waals surface area contributed by atoms with Gasteiger partial charge in [-0.05, 0) is 70.4 Å². The van der Waals surface area contributed by atoms with Crippen molar-refractivity contribution in [2.24, 2.45) is 11.3 Å². The average molecular weight is 426 g/mol. The molecule has 2 fully saturated rings. The van der Waals surface area contributed by atoms with E-state index in [2.05, 4.69) is 24.0 Å². The van der Waals surface area contributed by atoms with Crippen molar-refractivity contribution in [1.29, 1.82) is 0 Å². The van der Waals surface area contributed by atoms with Gasteiger partial charge in [-0.3, -0.25) is 4.79 Å². The Kier molecular flexibility index (Phi) is 6.80. The fourth-order valence-corrected chi connectivity index (χ4v) is 5.34. The van der Waals surface area contributed by atoms with Crippen molar-refractivity contribution in [2.45, 2.75) is 90.8 Å². The molecular weight excluding hydrogens is 390 g/mol. The van der Waals surface area contributed by atoms with E-state index in [0.29, 0.717) is 18.4 Å². The van der Waals surface area contributed by atoms with Crippen LogP contribution in [0.5, 0.6) is 0 Å². The molecule has 0 radical (unpaired) electrons. The molecule has 2 aliphatic carbocycles. The number of benzene rings is 1. The highest BCUT2D eigenvalue weighted by atomic mass is 16.5. The second-order valence-corrected chi connectivity index (χ2v) is 9.68. The SMILES string of the molecule is Cc1ccc(-c2nc(COC3CCCC(CCC4(C(=O)O)CCCC4)C3)c(C)o2)cc1. The Morgan fingerprint density at radius 2 is 1.90 bits per heavy atom. The number of aliphatic carboxylic acids is 1. The third kappa shape index (κ3) is 5.20. The quantitative estimate of drug-likeness (QED) is 0.525. The number of carbonyl (C=O) groups is 1. The summed E-state index contributed by atoms with van der Waals surface area (Å²) in [5.41, 5.74) is 2.60. The Balaban J connectivity index is 1.30. The van der Waals surface area contributed by atoms with E-state index in [-0.39, 0.29) is 6.10 Å². The van der Waals surface area contributed by atoms with E-state index in [9.17, 15) is 9.90 Å². The zero-order valence-corrected chi connectivity index (χ0v) is 18.9. The predicted molar refractivity (Wildman–Crippen MR) is 120 cm³/mol. The first-order valence-corrected chi connectivity index (χ1v) is 11.8. The summed E-state index contributed by atoms with van der Waals surface area (Å²) in [7, 11) is 0. The molecule has 2 atom stereocenters. The molecule has 2 saturated carbocycles. The first kappa shape index (κ1) is 22.1. The summed E-state index contributed by atoms with van der Waals surface area (Å²) in [5.74, 6) is 1.44. The monoisotopic (exact) mass is 425 g/mol. The van der Waals surface area contributed by atoms with Crippen molar-refractivity contribution in [3.8, 4) is 11.5 Å². The summed E-state index contributed by atoms with van der Waals surface area (Å²) in [6.07, 6.45) is 10.3. The smallest absolute Gasteiger partial charge is 0.309 e. The standard InChI is InChI=1S/C26H35NO4/c1-18-8-10-21(11-9-18)24-27-23(19(2)31-24)17-30-22-7-5-6-20(16-22)12-15-26(25(28)29)13-3-4-14-26/h8-11,20,22H,3-7,12-17H2,1-2H3,(H,28,29). The van der Waals surface area contributed by atoms with Gasteiger partial charge in [0.15, 0.2) is 0 Å². The van der Waals surface area contributed by atoms with Crippen LogP contribution in [0.2, 0.25) is 0 Å². The molecule has 0 saturated heterocycles. The molecule has 1 N–H and O–H groups in total. The topological polar surface area (TPSA) is 72.6 Å². The molecule has 2 aromatic rings. The number of carboxylic acid groups (broad SMARTS) is 1. The molecule has 5 heteroatoms. The number of hydrogen-bond donors (Lipinski definition) is 1. The van der Waals surface area contributed by atoms with E-state index in [4.69, 9.17) is 9.15 Å². The maximum Gasteiger partial charge on any atom is 0.309 e. The predicted octanol–water partition coefficient (Wildman–Crippen LogP) is 6.46. The minimum atomic E-state index is -0.584. The Hall–Kier alpha value is -2.14. The largest absolute Gasteiger partial charge is 0.481 e. The van der Waals surface area contributed by atoms with Crippen LogP contribution in [0.1, 0.15) is 81.2 Å². The maximum atomic E-state index is 11.8. The van der Waals surface area contributed by atoms with E-state index >= 15 is 0 Å². The highest BCUT2D eigenvalue weighted by Gasteiger charge is 2.41. The number of rotatable bonds is 8. The number of hydrogen-bond acceptors (Lipinski definition) is 4. The fourth-order valence-electron chi connectivity index (χ4n) is 5.34. The van der Waals surface area contributed by atoms with Crippen LogP contribution in [0.25, 0.3) is 11.5 Å². The molecule has 1 heterocycles. The molecular formula is C26H35NO4. The summed E-state index contributed by atoms with van der Waals surface area (Å²) in [6, 6.07) is 8.19. The van der Waals surface area contributed by atoms with Gasteiger partial charge in [0.05, 0.1) is 18.1 Å². The van der Waals surface area contributed by atoms with Crippen molar-refractivity contribution >= 4 is 5.97 Å². The Labute approximate surface area is 185 Å². The van der Waals surface area contributed by atoms with Crippen molar-refractivity contribution < 1.29 is 19.1 Å². The second kappa shape index (κ2) is 9.56. The normalized spacial score (nSPS) is 23.2. The Bertz CT molecular complexity index is 879. The third-order valence-corrected chi connectivity index (χ3v) is 7.43. The van der Waals surface area contributed by atoms with Gasteiger partial charge in [-0.2, -0.15) is 0 Å². The van der Waals surface area contributed by atoms with Crippen LogP contribution in [-0.4, -0.2) is 22.2 Å². The van der Waals surface area contributed by atoms with Gasteiger partial charge in [0, 0.05) is 5.56 Å². The zero-order chi connectivity index (χ0) is 21.8. The summed E-state index contributed by atoms with van der Waals surface area (Å²) in [6.45, 7) is 4.48. The van der Waals surface area contributed by atoms with Gasteiger partial charge in [0.25, 0.3) is 0 Å². The van der Waals surface area contributed by atoms with Crippen LogP contribution in [0.3, 0.4) is 0 Å². The van der Waals surface area contributed by atoms with E-state index in [1.165, 1.54) is 12.0 Å². The first-order chi connectivity index (χ1) is 14.9. The second-order valence-electron chi connectivity index (χ2n) is 9.68. The van der Waals surface area contributed by atoms with Crippen molar-refractivity contribution in [3.05, 3.63) is 41.3 Å². The third-order valence-electron chi connectivity index (χ3n) is 7.43. The summed E-state index contributed by atoms with van der Waals surface area (Å²) in [4.78, 5) is 16.5. The van der Waals surface area contributed by atoms with Crippen LogP contribution in [0.4, 0.5) is 0 Å². The Morgan fingerprint density at radius 3 is 2.61 bits per heavy atom. The average Bonchev–Trinajstić information content (AvgIpc) is 3.39. The molecule has 2 unspecified atom stereocenters. The maximum absolute atomic E-state index is 11.8. The summed E-state index contributed by atoms with van der Waals surface area (Å²) in [5, 5.41) is 9.74. The molecule has 0 spiro atoms. The molecule has 0 amide bonds. The number of ether oxygens (including phenoxy) is 1. The molecule has 5 nitrogen and oxygen atoms in total. The lowest BCUT2D eigenvalue weighted by atomic mass is 9.76. The van der Waals surface area contributed by atoms with E-state index in [0.717, 1.165) is 74.8 Å². The van der Waals surface area contributed by atoms with Gasteiger partial charge < -0.3 is 14.3 Å². The molecule has 1 aromatic carbocycles. The van der Waals surface area contributed by atoms with E-state index in [1.54, 1.807) is 0 Å².